The zero-order valence-corrected chi connectivity index (χ0v) is 19.1. The number of carbonyl (C=O) groups is 2. The maximum absolute atomic E-state index is 12.3. The molecule has 0 bridgehead atoms. The van der Waals surface area contributed by atoms with Crippen LogP contribution in [-0.4, -0.2) is 47.0 Å². The lowest BCUT2D eigenvalue weighted by Crippen LogP contribution is -2.31. The predicted molar refractivity (Wildman–Crippen MR) is 125 cm³/mol. The molecule has 1 aromatic carbocycles. The molecule has 3 rings (SSSR count). The third-order valence-electron chi connectivity index (χ3n) is 6.11. The highest BCUT2D eigenvalue weighted by Gasteiger charge is 2.24. The first-order valence-electron chi connectivity index (χ1n) is 11.5. The van der Waals surface area contributed by atoms with E-state index < -0.39 is 0 Å². The van der Waals surface area contributed by atoms with E-state index in [1.165, 1.54) is 18.4 Å². The molecule has 0 spiro atoms. The average molecular weight is 439 g/mol. The van der Waals surface area contributed by atoms with Gasteiger partial charge in [-0.25, -0.2) is 10.5 Å². The molecule has 3 N–H and O–H groups in total. The van der Waals surface area contributed by atoms with Gasteiger partial charge in [0.1, 0.15) is 5.82 Å². The second-order valence-electron chi connectivity index (χ2n) is 8.64. The highest BCUT2D eigenvalue weighted by molar-refractivity contribution is 5.90. The molecule has 2 aromatic rings. The molecule has 7 nitrogen and oxygen atoms in total. The van der Waals surface area contributed by atoms with Gasteiger partial charge in [-0.1, -0.05) is 31.5 Å². The van der Waals surface area contributed by atoms with Crippen LogP contribution in [0.3, 0.4) is 0 Å². The number of amides is 2. The average Bonchev–Trinajstić information content (AvgIpc) is 2.81. The van der Waals surface area contributed by atoms with Gasteiger partial charge in [-0.05, 0) is 86.6 Å². The molecule has 0 saturated heterocycles. The van der Waals surface area contributed by atoms with Crippen LogP contribution in [0.4, 0.5) is 5.82 Å². The summed E-state index contributed by atoms with van der Waals surface area (Å²) in [6.07, 6.45) is 7.52. The summed E-state index contributed by atoms with van der Waals surface area (Å²) in [5.74, 6) is 0.0378. The minimum atomic E-state index is -0.318. The van der Waals surface area contributed by atoms with Crippen molar-refractivity contribution in [1.82, 2.24) is 15.4 Å². The molecular weight excluding hydrogens is 404 g/mol. The number of nitrogens with one attached hydrogen (secondary N) is 2. The molecule has 0 saturated carbocycles. The Kier molecular flexibility index (Phi) is 8.76. The smallest absolute Gasteiger partial charge is 0.246 e. The summed E-state index contributed by atoms with van der Waals surface area (Å²) in [5, 5.41) is 11.8. The van der Waals surface area contributed by atoms with Crippen LogP contribution < -0.4 is 10.8 Å². The fraction of sp³-hybridized carbons (Fsp3) is 0.480. The Labute approximate surface area is 190 Å². The quantitative estimate of drug-likeness (QED) is 0.387. The molecule has 1 atom stereocenters. The molecule has 0 fully saturated rings. The van der Waals surface area contributed by atoms with Gasteiger partial charge in [0.2, 0.25) is 11.8 Å². The van der Waals surface area contributed by atoms with E-state index in [0.717, 1.165) is 42.6 Å². The maximum atomic E-state index is 12.3. The number of hydrogen-bond acceptors (Lipinski definition) is 5. The van der Waals surface area contributed by atoms with Crippen LogP contribution in [0, 0.1) is 5.92 Å². The van der Waals surface area contributed by atoms with Crippen LogP contribution in [-0.2, 0) is 22.4 Å². The first-order chi connectivity index (χ1) is 15.5. The molecule has 172 valence electrons. The minimum Gasteiger partial charge on any atom is -0.311 e. The lowest BCUT2D eigenvalue weighted by molar-refractivity contribution is -0.133. The summed E-state index contributed by atoms with van der Waals surface area (Å²) in [4.78, 5) is 30.6. The van der Waals surface area contributed by atoms with Crippen molar-refractivity contribution < 1.29 is 14.8 Å². The topological polar surface area (TPSA) is 94.6 Å². The van der Waals surface area contributed by atoms with E-state index in [4.69, 9.17) is 5.21 Å². The first kappa shape index (κ1) is 23.9. The van der Waals surface area contributed by atoms with Gasteiger partial charge in [0.05, 0.1) is 0 Å². The number of unbranched alkanes of at least 4 members (excludes halogenated alkanes) is 1. The fourth-order valence-corrected chi connectivity index (χ4v) is 4.18. The lowest BCUT2D eigenvalue weighted by atomic mass is 9.82. The molecule has 1 aromatic heterocycles. The van der Waals surface area contributed by atoms with E-state index in [-0.39, 0.29) is 17.7 Å². The summed E-state index contributed by atoms with van der Waals surface area (Å²) in [6.45, 7) is 4.16. The summed E-state index contributed by atoms with van der Waals surface area (Å²) in [5.41, 5.74) is 6.18. The van der Waals surface area contributed by atoms with Crippen LogP contribution in [0.5, 0.6) is 0 Å². The van der Waals surface area contributed by atoms with Crippen molar-refractivity contribution in [2.24, 2.45) is 5.92 Å². The lowest BCUT2D eigenvalue weighted by Gasteiger charge is -2.23. The van der Waals surface area contributed by atoms with Crippen molar-refractivity contribution >= 4 is 17.6 Å². The number of aryl methyl sites for hydroxylation is 1. The van der Waals surface area contributed by atoms with Crippen molar-refractivity contribution in [2.45, 2.75) is 51.9 Å². The number of nitrogens with zero attached hydrogens (tertiary/aromatic N) is 2. The van der Waals surface area contributed by atoms with E-state index in [2.05, 4.69) is 41.3 Å². The molecule has 0 aliphatic heterocycles. The van der Waals surface area contributed by atoms with Crippen LogP contribution in [0.1, 0.15) is 50.2 Å². The number of anilines is 1. The van der Waals surface area contributed by atoms with E-state index in [1.807, 2.05) is 18.2 Å². The zero-order chi connectivity index (χ0) is 22.9. The predicted octanol–water partition coefficient (Wildman–Crippen LogP) is 3.81. The van der Waals surface area contributed by atoms with Gasteiger partial charge >= 0.3 is 0 Å². The molecule has 7 heteroatoms. The van der Waals surface area contributed by atoms with Gasteiger partial charge in [-0.3, -0.25) is 14.8 Å². The SMILES string of the molecule is CCCCN(C)CCCC(=O)Nc1cc(-c2ccc3c(c2)CCC(C(=O)NO)C3)ccn1. The molecule has 1 unspecified atom stereocenters. The molecule has 1 aliphatic rings. The fourth-order valence-electron chi connectivity index (χ4n) is 4.18. The van der Waals surface area contributed by atoms with Crippen LogP contribution in [0.15, 0.2) is 36.5 Å². The Morgan fingerprint density at radius 1 is 1.12 bits per heavy atom. The van der Waals surface area contributed by atoms with E-state index in [1.54, 1.807) is 11.7 Å². The van der Waals surface area contributed by atoms with E-state index >= 15 is 0 Å². The normalized spacial score (nSPS) is 15.3. The number of carbonyl (C=O) groups excluding carboxylic acids is 2. The Morgan fingerprint density at radius 3 is 2.69 bits per heavy atom. The Hall–Kier alpha value is -2.77. The summed E-state index contributed by atoms with van der Waals surface area (Å²) >= 11 is 0. The summed E-state index contributed by atoms with van der Waals surface area (Å²) in [6, 6.07) is 10.1. The van der Waals surface area contributed by atoms with Crippen molar-refractivity contribution in [3.8, 4) is 11.1 Å². The Balaban J connectivity index is 1.58. The third-order valence-corrected chi connectivity index (χ3v) is 6.11. The number of rotatable bonds is 10. The minimum absolute atomic E-state index is 0.0165. The molecule has 1 aliphatic carbocycles. The van der Waals surface area contributed by atoms with Crippen LogP contribution in [0.2, 0.25) is 0 Å². The van der Waals surface area contributed by atoms with Gasteiger partial charge in [0.15, 0.2) is 0 Å². The van der Waals surface area contributed by atoms with Crippen molar-refractivity contribution in [1.29, 1.82) is 0 Å². The van der Waals surface area contributed by atoms with Crippen molar-refractivity contribution in [2.75, 3.05) is 25.5 Å². The van der Waals surface area contributed by atoms with Gasteiger partial charge in [0, 0.05) is 18.5 Å². The van der Waals surface area contributed by atoms with E-state index in [9.17, 15) is 9.59 Å². The molecule has 0 radical (unpaired) electrons. The molecular formula is C25H34N4O3. The summed E-state index contributed by atoms with van der Waals surface area (Å²) < 4.78 is 0. The second kappa shape index (κ2) is 11.7. The number of benzene rings is 1. The molecule has 32 heavy (non-hydrogen) atoms. The Bertz CT molecular complexity index is 931. The zero-order valence-electron chi connectivity index (χ0n) is 19.1. The van der Waals surface area contributed by atoms with Crippen molar-refractivity contribution in [3.05, 3.63) is 47.7 Å². The monoisotopic (exact) mass is 438 g/mol. The van der Waals surface area contributed by atoms with Crippen LogP contribution in [0.25, 0.3) is 11.1 Å². The van der Waals surface area contributed by atoms with Crippen molar-refractivity contribution in [3.63, 3.8) is 0 Å². The Morgan fingerprint density at radius 2 is 1.91 bits per heavy atom. The summed E-state index contributed by atoms with van der Waals surface area (Å²) in [7, 11) is 2.10. The highest BCUT2D eigenvalue weighted by Crippen LogP contribution is 2.30. The second-order valence-corrected chi connectivity index (χ2v) is 8.64. The van der Waals surface area contributed by atoms with Gasteiger partial charge < -0.3 is 10.2 Å². The van der Waals surface area contributed by atoms with E-state index in [0.29, 0.717) is 25.1 Å². The number of hydroxylamine groups is 1. The number of hydrogen-bond donors (Lipinski definition) is 3. The number of fused-ring (bicyclic) bond motifs is 1. The highest BCUT2D eigenvalue weighted by atomic mass is 16.5. The number of aromatic nitrogens is 1. The van der Waals surface area contributed by atoms with Gasteiger partial charge in [-0.2, -0.15) is 0 Å². The molecule has 2 amide bonds. The number of pyridine rings is 1. The van der Waals surface area contributed by atoms with Gasteiger partial charge in [0.25, 0.3) is 0 Å². The standard InChI is InChI=1S/C25H34N4O3/c1-3-4-13-29(2)14-5-6-24(30)27-23-17-21(11-12-26-23)19-7-8-20-16-22(25(31)28-32)10-9-18(20)15-19/h7-8,11-12,15,17,22,32H,3-6,9-10,13-14,16H2,1-2H3,(H,28,31)(H,26,27,30). The first-order valence-corrected chi connectivity index (χ1v) is 11.5. The molecule has 1 heterocycles. The van der Waals surface area contributed by atoms with Crippen LogP contribution >= 0.6 is 0 Å². The maximum Gasteiger partial charge on any atom is 0.246 e. The third kappa shape index (κ3) is 6.61. The largest absolute Gasteiger partial charge is 0.311 e. The van der Waals surface area contributed by atoms with Gasteiger partial charge in [-0.15, -0.1) is 0 Å².